The van der Waals surface area contributed by atoms with E-state index in [-0.39, 0.29) is 22.4 Å². The van der Waals surface area contributed by atoms with Gasteiger partial charge in [0, 0.05) is 22.4 Å². The van der Waals surface area contributed by atoms with Crippen molar-refractivity contribution in [2.45, 2.75) is 24.4 Å². The SMILES string of the molecule is O=C(O)[C@H](O)[C@@H](O)[C@@H](O)[C@H](O)CO.[Ag]. The molecule has 0 aromatic carbocycles. The average Bonchev–Trinajstić information content (AvgIpc) is 2.12. The second-order valence-corrected chi connectivity index (χ2v) is 2.51. The zero-order valence-electron chi connectivity index (χ0n) is 6.91. The van der Waals surface area contributed by atoms with Crippen LogP contribution < -0.4 is 0 Å². The van der Waals surface area contributed by atoms with Crippen LogP contribution in [-0.2, 0) is 27.2 Å². The van der Waals surface area contributed by atoms with Crippen LogP contribution in [0.4, 0.5) is 0 Å². The number of hydrogen-bond acceptors (Lipinski definition) is 6. The molecule has 0 rings (SSSR count). The molecule has 89 valence electrons. The molecular formula is C6H12AgO7. The number of aliphatic hydroxyl groups excluding tert-OH is 5. The molecule has 0 aromatic heterocycles. The van der Waals surface area contributed by atoms with Crippen molar-refractivity contribution in [3.63, 3.8) is 0 Å². The fourth-order valence-electron chi connectivity index (χ4n) is 0.668. The minimum absolute atomic E-state index is 0. The van der Waals surface area contributed by atoms with Gasteiger partial charge < -0.3 is 30.6 Å². The molecule has 0 saturated carbocycles. The molecule has 0 amide bonds. The fraction of sp³-hybridized carbons (Fsp3) is 0.833. The molecule has 0 fully saturated rings. The van der Waals surface area contributed by atoms with Crippen LogP contribution in [0.3, 0.4) is 0 Å². The number of aliphatic hydroxyl groups is 5. The molecule has 0 aliphatic rings. The maximum Gasteiger partial charge on any atom is 0.335 e. The van der Waals surface area contributed by atoms with E-state index >= 15 is 0 Å². The minimum Gasteiger partial charge on any atom is -0.479 e. The molecule has 0 aliphatic heterocycles. The Balaban J connectivity index is 0. The number of rotatable bonds is 5. The van der Waals surface area contributed by atoms with Gasteiger partial charge in [-0.1, -0.05) is 0 Å². The smallest absolute Gasteiger partial charge is 0.335 e. The number of aliphatic carboxylic acids is 1. The predicted octanol–water partition coefficient (Wildman–Crippen LogP) is -3.50. The Bertz CT molecular complexity index is 176. The summed E-state index contributed by atoms with van der Waals surface area (Å²) < 4.78 is 0. The van der Waals surface area contributed by atoms with E-state index in [1.54, 1.807) is 0 Å². The summed E-state index contributed by atoms with van der Waals surface area (Å²) >= 11 is 0. The van der Waals surface area contributed by atoms with E-state index in [1.165, 1.54) is 0 Å². The molecule has 0 aliphatic carbocycles. The van der Waals surface area contributed by atoms with Gasteiger partial charge in [0.2, 0.25) is 0 Å². The molecule has 6 N–H and O–H groups in total. The van der Waals surface area contributed by atoms with Crippen molar-refractivity contribution in [2.24, 2.45) is 0 Å². The molecular weight excluding hydrogens is 292 g/mol. The molecule has 0 heterocycles. The third kappa shape index (κ3) is 4.49. The van der Waals surface area contributed by atoms with E-state index < -0.39 is 37.0 Å². The predicted molar refractivity (Wildman–Crippen MR) is 38.7 cm³/mol. The summed E-state index contributed by atoms with van der Waals surface area (Å²) in [5.41, 5.74) is 0. The van der Waals surface area contributed by atoms with E-state index in [2.05, 4.69) is 0 Å². The van der Waals surface area contributed by atoms with Crippen molar-refractivity contribution in [3.8, 4) is 0 Å². The van der Waals surface area contributed by atoms with Crippen LogP contribution in [0.15, 0.2) is 0 Å². The Kier molecular flexibility index (Phi) is 8.60. The molecule has 0 aromatic rings. The fourth-order valence-corrected chi connectivity index (χ4v) is 0.668. The van der Waals surface area contributed by atoms with E-state index in [1.807, 2.05) is 0 Å². The van der Waals surface area contributed by atoms with Crippen molar-refractivity contribution in [2.75, 3.05) is 6.61 Å². The van der Waals surface area contributed by atoms with Crippen LogP contribution in [0.1, 0.15) is 0 Å². The van der Waals surface area contributed by atoms with E-state index in [9.17, 15) is 4.79 Å². The normalized spacial score (nSPS) is 18.9. The van der Waals surface area contributed by atoms with Crippen molar-refractivity contribution >= 4 is 5.97 Å². The van der Waals surface area contributed by atoms with Gasteiger partial charge in [-0.15, -0.1) is 0 Å². The third-order valence-electron chi connectivity index (χ3n) is 1.51. The molecule has 1 radical (unpaired) electrons. The Morgan fingerprint density at radius 2 is 1.50 bits per heavy atom. The van der Waals surface area contributed by atoms with Crippen LogP contribution in [0.2, 0.25) is 0 Å². The van der Waals surface area contributed by atoms with Crippen molar-refractivity contribution in [3.05, 3.63) is 0 Å². The standard InChI is InChI=1S/C6H12O7.Ag/c7-1-2(8)3(9)4(10)5(11)6(12)13;/h2-5,7-11H,1H2,(H,12,13);/t2-,3+,4+,5-;/m1./s1. The van der Waals surface area contributed by atoms with Gasteiger partial charge in [0.05, 0.1) is 6.61 Å². The summed E-state index contributed by atoms with van der Waals surface area (Å²) in [6, 6.07) is 0. The van der Waals surface area contributed by atoms with Gasteiger partial charge >= 0.3 is 5.97 Å². The van der Waals surface area contributed by atoms with Gasteiger partial charge in [-0.05, 0) is 0 Å². The number of hydrogen-bond donors (Lipinski definition) is 6. The zero-order chi connectivity index (χ0) is 10.6. The Labute approximate surface area is 95.1 Å². The molecule has 14 heavy (non-hydrogen) atoms. The van der Waals surface area contributed by atoms with Gasteiger partial charge in [-0.2, -0.15) is 0 Å². The van der Waals surface area contributed by atoms with Crippen LogP contribution in [0, 0.1) is 0 Å². The van der Waals surface area contributed by atoms with Gasteiger partial charge in [0.1, 0.15) is 18.3 Å². The van der Waals surface area contributed by atoms with E-state index in [4.69, 9.17) is 30.6 Å². The van der Waals surface area contributed by atoms with Crippen molar-refractivity contribution in [1.82, 2.24) is 0 Å². The summed E-state index contributed by atoms with van der Waals surface area (Å²) in [5, 5.41) is 51.8. The topological polar surface area (TPSA) is 138 Å². The first-order valence-corrected chi connectivity index (χ1v) is 3.47. The Morgan fingerprint density at radius 1 is 1.07 bits per heavy atom. The van der Waals surface area contributed by atoms with Gasteiger partial charge in [-0.25, -0.2) is 4.79 Å². The minimum atomic E-state index is -2.20. The number of carboxylic acids is 1. The van der Waals surface area contributed by atoms with Crippen LogP contribution >= 0.6 is 0 Å². The molecule has 0 spiro atoms. The Morgan fingerprint density at radius 3 is 1.79 bits per heavy atom. The third-order valence-corrected chi connectivity index (χ3v) is 1.51. The molecule has 4 atom stereocenters. The first-order chi connectivity index (χ1) is 5.91. The van der Waals surface area contributed by atoms with Crippen LogP contribution in [0.5, 0.6) is 0 Å². The number of carboxylic acid groups (broad SMARTS) is 1. The molecule has 0 saturated heterocycles. The van der Waals surface area contributed by atoms with Crippen LogP contribution in [0.25, 0.3) is 0 Å². The molecule has 8 heteroatoms. The Hall–Kier alpha value is 0.0103. The van der Waals surface area contributed by atoms with Crippen molar-refractivity contribution < 1.29 is 57.8 Å². The maximum absolute atomic E-state index is 10.1. The summed E-state index contributed by atoms with van der Waals surface area (Å²) in [4.78, 5) is 10.1. The largest absolute Gasteiger partial charge is 0.479 e. The maximum atomic E-state index is 10.1. The zero-order valence-corrected chi connectivity index (χ0v) is 8.39. The van der Waals surface area contributed by atoms with Crippen LogP contribution in [-0.4, -0.2) is 67.6 Å². The first-order valence-electron chi connectivity index (χ1n) is 3.47. The second-order valence-electron chi connectivity index (χ2n) is 2.51. The van der Waals surface area contributed by atoms with Gasteiger partial charge in [0.25, 0.3) is 0 Å². The molecule has 0 bridgehead atoms. The summed E-state index contributed by atoms with van der Waals surface area (Å²) in [7, 11) is 0. The van der Waals surface area contributed by atoms with Gasteiger partial charge in [0.15, 0.2) is 6.10 Å². The monoisotopic (exact) mass is 303 g/mol. The van der Waals surface area contributed by atoms with Gasteiger partial charge in [-0.3, -0.25) is 0 Å². The van der Waals surface area contributed by atoms with E-state index in [0.717, 1.165) is 0 Å². The summed E-state index contributed by atoms with van der Waals surface area (Å²) in [6.07, 6.45) is -7.84. The van der Waals surface area contributed by atoms with E-state index in [0.29, 0.717) is 0 Å². The van der Waals surface area contributed by atoms with Crippen molar-refractivity contribution in [1.29, 1.82) is 0 Å². The first kappa shape index (κ1) is 16.4. The average molecular weight is 304 g/mol. The number of carbonyl (C=O) groups is 1. The summed E-state index contributed by atoms with van der Waals surface area (Å²) in [6.45, 7) is -0.843. The second kappa shape index (κ2) is 7.32. The quantitative estimate of drug-likeness (QED) is 0.290. The summed E-state index contributed by atoms with van der Waals surface area (Å²) in [5.74, 6) is -1.73. The molecule has 7 nitrogen and oxygen atoms in total. The molecule has 0 unspecified atom stereocenters.